The van der Waals surface area contributed by atoms with Gasteiger partial charge in [-0.1, -0.05) is 0 Å². The number of rotatable bonds is 3. The van der Waals surface area contributed by atoms with Crippen molar-refractivity contribution in [3.8, 4) is 0 Å². The van der Waals surface area contributed by atoms with Crippen LogP contribution in [0.5, 0.6) is 0 Å². The summed E-state index contributed by atoms with van der Waals surface area (Å²) in [6, 6.07) is 3.97. The Morgan fingerprint density at radius 2 is 2.23 bits per heavy atom. The normalized spacial score (nSPS) is 18.3. The zero-order chi connectivity index (χ0) is 15.5. The summed E-state index contributed by atoms with van der Waals surface area (Å²) < 4.78 is 2.09. The molecule has 0 aromatic carbocycles. The third kappa shape index (κ3) is 2.81. The monoisotopic (exact) mass is 299 g/mol. The molecule has 3 rings (SSSR count). The second kappa shape index (κ2) is 6.17. The van der Waals surface area contributed by atoms with Gasteiger partial charge in [-0.15, -0.1) is 0 Å². The van der Waals surface area contributed by atoms with Crippen LogP contribution in [0, 0.1) is 0 Å². The van der Waals surface area contributed by atoms with Gasteiger partial charge in [0, 0.05) is 45.8 Å². The van der Waals surface area contributed by atoms with Crippen molar-refractivity contribution in [3.05, 3.63) is 42.6 Å². The molecule has 0 spiro atoms. The molecule has 0 radical (unpaired) electrons. The molecule has 1 aliphatic heterocycles. The molecule has 1 aliphatic rings. The number of nitrogens with zero attached hydrogens (tertiary/aromatic N) is 5. The second-order valence-corrected chi connectivity index (χ2v) is 5.83. The van der Waals surface area contributed by atoms with Crippen molar-refractivity contribution >= 4 is 11.7 Å². The minimum Gasteiger partial charge on any atom is -0.362 e. The van der Waals surface area contributed by atoms with Gasteiger partial charge >= 0.3 is 0 Å². The van der Waals surface area contributed by atoms with Gasteiger partial charge in [0.1, 0.15) is 5.82 Å². The standard InChI is InChI=1S/C16H21N5O/c1-19(2)15-14(6-3-7-18-15)16(22)20-9-4-5-13(11-20)21-10-8-17-12-21/h3,6-8,10,12-13H,4-5,9,11H2,1-2H3/t13-/m1/s1. The Morgan fingerprint density at radius 3 is 2.95 bits per heavy atom. The lowest BCUT2D eigenvalue weighted by atomic mass is 10.0. The van der Waals surface area contributed by atoms with E-state index in [0.29, 0.717) is 11.6 Å². The summed E-state index contributed by atoms with van der Waals surface area (Å²) in [5, 5.41) is 0. The minimum atomic E-state index is 0.0571. The smallest absolute Gasteiger partial charge is 0.257 e. The van der Waals surface area contributed by atoms with Crippen LogP contribution < -0.4 is 4.90 Å². The Labute approximate surface area is 130 Å². The third-order valence-electron chi connectivity index (χ3n) is 4.07. The highest BCUT2D eigenvalue weighted by atomic mass is 16.2. The van der Waals surface area contributed by atoms with Crippen LogP contribution in [-0.4, -0.2) is 52.5 Å². The van der Waals surface area contributed by atoms with Crippen molar-refractivity contribution in [2.24, 2.45) is 0 Å². The van der Waals surface area contributed by atoms with E-state index in [0.717, 1.165) is 31.7 Å². The van der Waals surface area contributed by atoms with Gasteiger partial charge in [-0.2, -0.15) is 0 Å². The van der Waals surface area contributed by atoms with Gasteiger partial charge in [-0.25, -0.2) is 9.97 Å². The molecule has 0 saturated carbocycles. The zero-order valence-electron chi connectivity index (χ0n) is 13.0. The molecule has 6 nitrogen and oxygen atoms in total. The van der Waals surface area contributed by atoms with Gasteiger partial charge in [0.25, 0.3) is 5.91 Å². The SMILES string of the molecule is CN(C)c1ncccc1C(=O)N1CCC[C@@H](n2ccnc2)C1. The van der Waals surface area contributed by atoms with Gasteiger partial charge in [-0.3, -0.25) is 4.79 Å². The van der Waals surface area contributed by atoms with E-state index in [-0.39, 0.29) is 5.91 Å². The summed E-state index contributed by atoms with van der Waals surface area (Å²) in [6.45, 7) is 1.52. The lowest BCUT2D eigenvalue weighted by molar-refractivity contribution is 0.0679. The fourth-order valence-electron chi connectivity index (χ4n) is 2.96. The topological polar surface area (TPSA) is 54.3 Å². The van der Waals surface area contributed by atoms with E-state index in [1.54, 1.807) is 12.4 Å². The largest absolute Gasteiger partial charge is 0.362 e. The molecule has 0 bridgehead atoms. The molecule has 2 aromatic rings. The maximum absolute atomic E-state index is 12.9. The zero-order valence-corrected chi connectivity index (χ0v) is 13.0. The summed E-state index contributed by atoms with van der Waals surface area (Å²) in [5.41, 5.74) is 0.666. The molecule has 116 valence electrons. The predicted molar refractivity (Wildman–Crippen MR) is 85.0 cm³/mol. The lowest BCUT2D eigenvalue weighted by Gasteiger charge is -2.34. The van der Waals surface area contributed by atoms with Gasteiger partial charge < -0.3 is 14.4 Å². The van der Waals surface area contributed by atoms with Gasteiger partial charge in [0.15, 0.2) is 0 Å². The van der Waals surface area contributed by atoms with Crippen LogP contribution in [0.2, 0.25) is 0 Å². The molecule has 0 unspecified atom stereocenters. The maximum atomic E-state index is 12.9. The molecule has 6 heteroatoms. The first-order chi connectivity index (χ1) is 10.7. The fraction of sp³-hybridized carbons (Fsp3) is 0.438. The maximum Gasteiger partial charge on any atom is 0.257 e. The molecular weight excluding hydrogens is 278 g/mol. The quantitative estimate of drug-likeness (QED) is 0.867. The number of carbonyl (C=O) groups is 1. The number of imidazole rings is 1. The van der Waals surface area contributed by atoms with Crippen molar-refractivity contribution in [2.75, 3.05) is 32.1 Å². The van der Waals surface area contributed by atoms with Gasteiger partial charge in [0.2, 0.25) is 0 Å². The molecular formula is C16H21N5O. The van der Waals surface area contributed by atoms with Crippen LogP contribution in [0.15, 0.2) is 37.1 Å². The second-order valence-electron chi connectivity index (χ2n) is 5.83. The molecule has 22 heavy (non-hydrogen) atoms. The van der Waals surface area contributed by atoms with Crippen LogP contribution in [0.3, 0.4) is 0 Å². The van der Waals surface area contributed by atoms with Crippen LogP contribution in [0.1, 0.15) is 29.2 Å². The first-order valence-corrected chi connectivity index (χ1v) is 7.56. The summed E-state index contributed by atoms with van der Waals surface area (Å²) >= 11 is 0. The Bertz CT molecular complexity index is 638. The first-order valence-electron chi connectivity index (χ1n) is 7.56. The number of piperidine rings is 1. The number of pyridine rings is 1. The average molecular weight is 299 g/mol. The van der Waals surface area contributed by atoms with Crippen molar-refractivity contribution < 1.29 is 4.79 Å². The highest BCUT2D eigenvalue weighted by molar-refractivity contribution is 5.98. The Hall–Kier alpha value is -2.37. The van der Waals surface area contributed by atoms with E-state index in [1.165, 1.54) is 0 Å². The van der Waals surface area contributed by atoms with E-state index >= 15 is 0 Å². The number of hydrogen-bond acceptors (Lipinski definition) is 4. The number of anilines is 1. The van der Waals surface area contributed by atoms with E-state index in [4.69, 9.17) is 0 Å². The van der Waals surface area contributed by atoms with Crippen molar-refractivity contribution in [1.82, 2.24) is 19.4 Å². The molecule has 0 N–H and O–H groups in total. The van der Waals surface area contributed by atoms with Crippen LogP contribution in [-0.2, 0) is 0 Å². The number of amides is 1. The molecule has 1 fully saturated rings. The van der Waals surface area contributed by atoms with Crippen molar-refractivity contribution in [2.45, 2.75) is 18.9 Å². The number of aromatic nitrogens is 3. The molecule has 2 aromatic heterocycles. The average Bonchev–Trinajstić information content (AvgIpc) is 3.09. The predicted octanol–water partition coefficient (Wildman–Crippen LogP) is 1.82. The van der Waals surface area contributed by atoms with Crippen LogP contribution in [0.25, 0.3) is 0 Å². The van der Waals surface area contributed by atoms with Crippen LogP contribution >= 0.6 is 0 Å². The highest BCUT2D eigenvalue weighted by Gasteiger charge is 2.27. The third-order valence-corrected chi connectivity index (χ3v) is 4.07. The summed E-state index contributed by atoms with van der Waals surface area (Å²) in [7, 11) is 3.81. The van der Waals surface area contributed by atoms with Gasteiger partial charge in [0.05, 0.1) is 17.9 Å². The lowest BCUT2D eigenvalue weighted by Crippen LogP contribution is -2.41. The molecule has 0 aliphatic carbocycles. The summed E-state index contributed by atoms with van der Waals surface area (Å²) in [6.07, 6.45) is 9.38. The van der Waals surface area contributed by atoms with Crippen molar-refractivity contribution in [1.29, 1.82) is 0 Å². The Morgan fingerprint density at radius 1 is 1.36 bits per heavy atom. The van der Waals surface area contributed by atoms with Crippen LogP contribution in [0.4, 0.5) is 5.82 Å². The summed E-state index contributed by atoms with van der Waals surface area (Å²) in [5.74, 6) is 0.777. The van der Waals surface area contributed by atoms with E-state index in [1.807, 2.05) is 48.6 Å². The minimum absolute atomic E-state index is 0.0571. The van der Waals surface area contributed by atoms with E-state index in [9.17, 15) is 4.79 Å². The number of hydrogen-bond donors (Lipinski definition) is 0. The molecule has 1 atom stereocenters. The Kier molecular flexibility index (Phi) is 4.09. The molecule has 1 amide bonds. The fourth-order valence-corrected chi connectivity index (χ4v) is 2.96. The summed E-state index contributed by atoms with van der Waals surface area (Å²) in [4.78, 5) is 25.1. The van der Waals surface area contributed by atoms with Gasteiger partial charge in [-0.05, 0) is 25.0 Å². The molecule has 1 saturated heterocycles. The first kappa shape index (κ1) is 14.6. The van der Waals surface area contributed by atoms with E-state index in [2.05, 4.69) is 14.5 Å². The Balaban J connectivity index is 1.80. The number of likely N-dealkylation sites (tertiary alicyclic amines) is 1. The highest BCUT2D eigenvalue weighted by Crippen LogP contribution is 2.24. The van der Waals surface area contributed by atoms with Crippen molar-refractivity contribution in [3.63, 3.8) is 0 Å². The number of carbonyl (C=O) groups excluding carboxylic acids is 1. The van der Waals surface area contributed by atoms with E-state index < -0.39 is 0 Å². The molecule has 3 heterocycles.